The van der Waals surface area contributed by atoms with Crippen LogP contribution in [0.15, 0.2) is 0 Å². The van der Waals surface area contributed by atoms with E-state index in [-0.39, 0.29) is 81.6 Å². The van der Waals surface area contributed by atoms with Crippen molar-refractivity contribution >= 4 is 20.5 Å². The lowest BCUT2D eigenvalue weighted by molar-refractivity contribution is -0.184. The summed E-state index contributed by atoms with van der Waals surface area (Å²) >= 11 is 0. The molecule has 13 heteroatoms. The van der Waals surface area contributed by atoms with Crippen molar-refractivity contribution in [2.45, 2.75) is 300 Å². The van der Waals surface area contributed by atoms with Gasteiger partial charge in [0, 0.05) is 17.9 Å². The van der Waals surface area contributed by atoms with Crippen molar-refractivity contribution in [2.24, 2.45) is 131 Å². The number of hydrogen-bond donors (Lipinski definition) is 5. The molecule has 0 aromatic carbocycles. The number of aliphatic hydroxyl groups excluding tert-OH is 3. The molecule has 7 N–H and O–H groups in total. The number of carbonyl (C=O) groups excluding carboxylic acids is 2. The van der Waals surface area contributed by atoms with Gasteiger partial charge in [0.05, 0.1) is 42.7 Å². The van der Waals surface area contributed by atoms with Gasteiger partial charge in [0.2, 0.25) is 0 Å². The van der Waals surface area contributed by atoms with Crippen molar-refractivity contribution in [3.05, 3.63) is 0 Å². The minimum absolute atomic E-state index is 0.00950. The van der Waals surface area contributed by atoms with Crippen LogP contribution in [-0.4, -0.2) is 97.9 Å². The lowest BCUT2D eigenvalue weighted by Crippen LogP contribution is -2.60. The Morgan fingerprint density at radius 2 is 0.952 bits per heavy atom. The minimum Gasteiger partial charge on any atom is -0.443 e. The second-order valence-electron chi connectivity index (χ2n) is 34.2. The fourth-order valence-electron chi connectivity index (χ4n) is 26.2. The molecule has 10 aliphatic carbocycles. The Hall–Kier alpha value is -1.48. The maximum Gasteiger partial charge on any atom is 0.404 e. The van der Waals surface area contributed by atoms with E-state index in [0.717, 1.165) is 82.0 Å². The van der Waals surface area contributed by atoms with Gasteiger partial charge < -0.3 is 50.2 Å². The van der Waals surface area contributed by atoms with Gasteiger partial charge in [0.1, 0.15) is 12.2 Å². The molecule has 0 unspecified atom stereocenters. The molecule has 26 atom stereocenters. The van der Waals surface area contributed by atoms with E-state index >= 15 is 0 Å². The SMILES string of the molecule is CC(C)[C@@H](OC(N)=O)[C@H]1C[C@@H](C)[C@H]2[C@H](O1)[C@H](O)[C@@]1(C)[C@@H]3CC[C@H]4C(C)(C)[C@@H](O)CC[C@@]45C[C@@]35CC[C@]21C.CC[Si](CC)(CC)O[C@H]1[C@H]2O[C@@H]([C@H](OC(N)=O)C(C)C)C[C@@H](C)[C@@H]2[C@@]2(C)CC[C@@]34C[C@@]35CC[C@H](C)C(C)(C)[C@@H]5CC[C@H]4[C@]12C.CO. The molecule has 10 saturated carbocycles. The van der Waals surface area contributed by atoms with Gasteiger partial charge in [-0.2, -0.15) is 0 Å². The van der Waals surface area contributed by atoms with Gasteiger partial charge in [-0.05, 0) is 229 Å². The third-order valence-electron chi connectivity index (χ3n) is 31.0. The molecule has 0 aromatic heterocycles. The first-order valence-corrected chi connectivity index (χ1v) is 37.0. The van der Waals surface area contributed by atoms with Gasteiger partial charge in [0.25, 0.3) is 0 Å². The van der Waals surface area contributed by atoms with Crippen LogP contribution in [0.5, 0.6) is 0 Å². The molecule has 2 amide bonds. The van der Waals surface area contributed by atoms with Crippen molar-refractivity contribution in [3.8, 4) is 0 Å². The lowest BCUT2D eigenvalue weighted by Gasteiger charge is -2.64. The number of ether oxygens (including phenoxy) is 4. The van der Waals surface area contributed by atoms with E-state index in [1.165, 1.54) is 57.8 Å². The molecule has 83 heavy (non-hydrogen) atoms. The Bertz CT molecular complexity index is 2410. The number of amides is 2. The van der Waals surface area contributed by atoms with E-state index in [1.54, 1.807) is 0 Å². The lowest BCUT2D eigenvalue weighted by atomic mass is 9.41. The Labute approximate surface area is 504 Å². The number of aliphatic hydroxyl groups is 3. The fourth-order valence-corrected chi connectivity index (χ4v) is 29.2. The highest BCUT2D eigenvalue weighted by atomic mass is 28.4. The molecule has 2 heterocycles. The molecule has 2 saturated heterocycles. The largest absolute Gasteiger partial charge is 0.443 e. The van der Waals surface area contributed by atoms with Crippen LogP contribution in [0, 0.1) is 119 Å². The van der Waals surface area contributed by atoms with Gasteiger partial charge in [-0.3, -0.25) is 0 Å². The summed E-state index contributed by atoms with van der Waals surface area (Å²) in [7, 11) is -0.955. The predicted molar refractivity (Wildman–Crippen MR) is 330 cm³/mol. The highest BCUT2D eigenvalue weighted by Crippen LogP contribution is 2.91. The second-order valence-corrected chi connectivity index (χ2v) is 38.9. The zero-order valence-electron chi connectivity index (χ0n) is 55.8. The Morgan fingerprint density at radius 1 is 0.554 bits per heavy atom. The molecule has 12 nitrogen and oxygen atoms in total. The third kappa shape index (κ3) is 8.58. The van der Waals surface area contributed by atoms with Gasteiger partial charge in [-0.15, -0.1) is 0 Å². The van der Waals surface area contributed by atoms with Crippen LogP contribution in [0.1, 0.15) is 227 Å². The summed E-state index contributed by atoms with van der Waals surface area (Å²) in [5.74, 6) is 5.25. The van der Waals surface area contributed by atoms with Crippen LogP contribution in [0.4, 0.5) is 9.59 Å². The summed E-state index contributed by atoms with van der Waals surface area (Å²) in [4.78, 5) is 23.7. The van der Waals surface area contributed by atoms with E-state index in [2.05, 4.69) is 111 Å². The summed E-state index contributed by atoms with van der Waals surface area (Å²) in [6.45, 7) is 42.9. The molecule has 12 fully saturated rings. The topological polar surface area (TPSA) is 193 Å². The smallest absolute Gasteiger partial charge is 0.404 e. The van der Waals surface area contributed by atoms with Crippen LogP contribution in [0.3, 0.4) is 0 Å². The zero-order chi connectivity index (χ0) is 61.2. The van der Waals surface area contributed by atoms with Gasteiger partial charge in [0.15, 0.2) is 8.32 Å². The summed E-state index contributed by atoms with van der Waals surface area (Å²) in [6.07, 6.45) is 16.1. The maximum absolute atomic E-state index is 12.3. The second kappa shape index (κ2) is 21.3. The molecule has 0 radical (unpaired) electrons. The van der Waals surface area contributed by atoms with Crippen molar-refractivity contribution in [1.82, 2.24) is 0 Å². The highest BCUT2D eigenvalue weighted by Gasteiger charge is 2.87. The van der Waals surface area contributed by atoms with E-state index in [1.807, 2.05) is 13.8 Å². The number of primary amides is 2. The van der Waals surface area contributed by atoms with Gasteiger partial charge >= 0.3 is 12.2 Å². The quantitative estimate of drug-likeness (QED) is 0.124. The summed E-state index contributed by atoms with van der Waals surface area (Å²) in [6, 6.07) is 3.48. The summed E-state index contributed by atoms with van der Waals surface area (Å²) in [5.41, 5.74) is 13.1. The van der Waals surface area contributed by atoms with E-state index in [4.69, 9.17) is 39.9 Å². The maximum atomic E-state index is 12.3. The number of rotatable bonds is 11. The molecular formula is C70H122N2O10Si. The van der Waals surface area contributed by atoms with Crippen molar-refractivity contribution in [3.63, 3.8) is 0 Å². The molecule has 12 rings (SSSR count). The molecule has 2 aliphatic heterocycles. The number of hydrogen-bond acceptors (Lipinski definition) is 10. The third-order valence-corrected chi connectivity index (χ3v) is 35.6. The number of fused-ring (bicyclic) bond motifs is 8. The van der Waals surface area contributed by atoms with E-state index in [9.17, 15) is 19.8 Å². The van der Waals surface area contributed by atoms with Crippen LogP contribution in [-0.2, 0) is 23.4 Å². The standard InChI is InChI=1S/C38H67NO4Si.C31H51NO5.CH4O/c1-12-44(13-2,14-3)43-32-31-29(24(6)21-26(41-31)30(23(4)5)42-33(39)40)35(10)19-20-38-22-37(38)18-17-25(7)34(8,9)27(37)15-16-28(38)36(32,35)11;1-16(2)23(37-26(32)35)18-14-17(3)22-24(36-18)25(34)29(7)20-9-8-19-27(4,5)21(33)10-11-30(19)15-31(20,30)13-12-28(22,29)6;1-2/h23-32H,12-22H2,1-11H3,(H2,39,40);16-25,33-34H,8-15H2,1-7H3,(H2,32,35);2H,1H3/t24-,25+,26-,27+,28+,29+,30-,31+,32+,35-,36-,37-,38+;17-,18-,19+,20+,21+,22+,23-,24+,25+,28-,29-,30-,31+;/m11./s1. The fraction of sp³-hybridized carbons (Fsp3) is 0.971. The number of nitrogens with two attached hydrogens (primary N) is 2. The van der Waals surface area contributed by atoms with Crippen molar-refractivity contribution < 1.29 is 48.3 Å². The van der Waals surface area contributed by atoms with Crippen LogP contribution in [0.2, 0.25) is 18.1 Å². The highest BCUT2D eigenvalue weighted by molar-refractivity contribution is 6.73. The summed E-state index contributed by atoms with van der Waals surface area (Å²) in [5, 5.41) is 30.2. The first-order valence-electron chi connectivity index (χ1n) is 34.4. The van der Waals surface area contributed by atoms with Gasteiger partial charge in [-0.1, -0.05) is 125 Å². The molecule has 0 bridgehead atoms. The minimum atomic E-state index is -1.96. The first kappa shape index (κ1) is 64.5. The number of carbonyl (C=O) groups is 2. The van der Waals surface area contributed by atoms with Crippen molar-refractivity contribution in [2.75, 3.05) is 7.11 Å². The Morgan fingerprint density at radius 3 is 1.41 bits per heavy atom. The van der Waals surface area contributed by atoms with Gasteiger partial charge in [-0.25, -0.2) is 9.59 Å². The molecule has 476 valence electrons. The van der Waals surface area contributed by atoms with E-state index < -0.39 is 32.7 Å². The Balaban J connectivity index is 0.000000182. The van der Waals surface area contributed by atoms with Crippen molar-refractivity contribution in [1.29, 1.82) is 0 Å². The van der Waals surface area contributed by atoms with Crippen LogP contribution < -0.4 is 11.5 Å². The van der Waals surface area contributed by atoms with Crippen LogP contribution >= 0.6 is 0 Å². The molecular weight excluding hydrogens is 1060 g/mol. The molecule has 4 spiro atoms. The Kier molecular flexibility index (Phi) is 16.6. The predicted octanol–water partition coefficient (Wildman–Crippen LogP) is 14.5. The van der Waals surface area contributed by atoms with Crippen LogP contribution in [0.25, 0.3) is 0 Å². The normalized spacial score (nSPS) is 51.5. The first-order chi connectivity index (χ1) is 38.7. The average Bonchev–Trinajstić information content (AvgIpc) is 1.48. The molecule has 12 aliphatic rings. The monoisotopic (exact) mass is 1180 g/mol. The zero-order valence-corrected chi connectivity index (χ0v) is 56.8. The summed E-state index contributed by atoms with van der Waals surface area (Å²) < 4.78 is 33.4. The average molecular weight is 1180 g/mol. The molecule has 0 aromatic rings. The van der Waals surface area contributed by atoms with E-state index in [0.29, 0.717) is 68.5 Å².